The Bertz CT molecular complexity index is 614. The smallest absolute Gasteiger partial charge is 0.228 e. The highest BCUT2D eigenvalue weighted by Crippen LogP contribution is 2.33. The molecule has 1 heterocycles. The normalized spacial score (nSPS) is 20.9. The van der Waals surface area contributed by atoms with Crippen molar-refractivity contribution < 1.29 is 4.79 Å². The molecule has 0 unspecified atom stereocenters. The van der Waals surface area contributed by atoms with Crippen molar-refractivity contribution in [3.8, 4) is 6.07 Å². The molecule has 4 nitrogen and oxygen atoms in total. The lowest BCUT2D eigenvalue weighted by Crippen LogP contribution is -2.27. The average Bonchev–Trinajstić information content (AvgIpc) is 3.17. The molecule has 1 aliphatic carbocycles. The fourth-order valence-corrected chi connectivity index (χ4v) is 2.74. The number of hydrogen-bond acceptors (Lipinski definition) is 3. The Morgan fingerprint density at radius 2 is 2.21 bits per heavy atom. The van der Waals surface area contributed by atoms with E-state index >= 15 is 0 Å². The molecule has 0 atom stereocenters. The molecule has 3 rings (SSSR count). The third kappa shape index (κ3) is 2.41. The molecule has 0 aromatic heterocycles. The third-order valence-corrected chi connectivity index (χ3v) is 4.03. The van der Waals surface area contributed by atoms with Crippen LogP contribution < -0.4 is 0 Å². The van der Waals surface area contributed by atoms with Gasteiger partial charge in [-0.15, -0.1) is 0 Å². The zero-order chi connectivity index (χ0) is 13.4. The number of amides is 1. The predicted octanol–water partition coefficient (Wildman–Crippen LogP) is 2.79. The second-order valence-corrected chi connectivity index (χ2v) is 5.71. The number of carbonyl (C=O) groups is 1. The van der Waals surface area contributed by atoms with Crippen LogP contribution in [-0.4, -0.2) is 29.1 Å². The fourth-order valence-electron chi connectivity index (χ4n) is 2.29. The maximum atomic E-state index is 11.9. The summed E-state index contributed by atoms with van der Waals surface area (Å²) >= 11 is 3.41. The van der Waals surface area contributed by atoms with E-state index in [1.807, 2.05) is 17.0 Å². The van der Waals surface area contributed by atoms with Crippen molar-refractivity contribution in [1.82, 2.24) is 4.90 Å². The van der Waals surface area contributed by atoms with Gasteiger partial charge < -0.3 is 4.90 Å². The van der Waals surface area contributed by atoms with Gasteiger partial charge in [0.15, 0.2) is 0 Å². The van der Waals surface area contributed by atoms with Gasteiger partial charge in [-0.1, -0.05) is 6.07 Å². The molecule has 2 aliphatic rings. The Morgan fingerprint density at radius 1 is 1.42 bits per heavy atom. The van der Waals surface area contributed by atoms with Crippen molar-refractivity contribution in [3.05, 3.63) is 28.2 Å². The molecule has 5 heteroatoms. The van der Waals surface area contributed by atoms with E-state index in [1.54, 1.807) is 6.07 Å². The summed E-state index contributed by atoms with van der Waals surface area (Å²) in [6, 6.07) is 7.96. The molecule has 19 heavy (non-hydrogen) atoms. The van der Waals surface area contributed by atoms with Gasteiger partial charge >= 0.3 is 0 Å². The van der Waals surface area contributed by atoms with Gasteiger partial charge in [0.2, 0.25) is 5.91 Å². The summed E-state index contributed by atoms with van der Waals surface area (Å²) in [4.78, 5) is 18.3. The first kappa shape index (κ1) is 12.4. The zero-order valence-electron chi connectivity index (χ0n) is 10.3. The first-order valence-electron chi connectivity index (χ1n) is 6.23. The highest BCUT2D eigenvalue weighted by atomic mass is 79.9. The molecule has 0 N–H and O–H groups in total. The third-order valence-electron chi connectivity index (χ3n) is 3.39. The van der Waals surface area contributed by atoms with Crippen molar-refractivity contribution in [2.45, 2.75) is 25.3 Å². The van der Waals surface area contributed by atoms with Crippen LogP contribution in [0.3, 0.4) is 0 Å². The van der Waals surface area contributed by atoms with Crippen LogP contribution >= 0.6 is 15.9 Å². The maximum absolute atomic E-state index is 11.9. The number of hydrogen-bond donors (Lipinski definition) is 0. The van der Waals surface area contributed by atoms with E-state index in [1.165, 1.54) is 0 Å². The van der Waals surface area contributed by atoms with Crippen LogP contribution in [0.4, 0.5) is 5.69 Å². The minimum Gasteiger partial charge on any atom is -0.334 e. The minimum atomic E-state index is 0.159. The second-order valence-electron chi connectivity index (χ2n) is 4.86. The number of nitriles is 1. The average molecular weight is 318 g/mol. The number of rotatable bonds is 2. The van der Waals surface area contributed by atoms with Gasteiger partial charge in [0.25, 0.3) is 0 Å². The fraction of sp³-hybridized carbons (Fsp3) is 0.357. The molecule has 1 saturated carbocycles. The molecule has 0 radical (unpaired) electrons. The standard InChI is InChI=1S/C14H12BrN3O/c15-12-3-1-2-9(7-16)14(12)17-10-6-13(19)18(8-10)11-4-5-11/h1-3,11H,4-6,8H2. The predicted molar refractivity (Wildman–Crippen MR) is 75.3 cm³/mol. The number of carbonyl (C=O) groups excluding carboxylic acids is 1. The van der Waals surface area contributed by atoms with E-state index in [2.05, 4.69) is 27.0 Å². The Labute approximate surface area is 119 Å². The first-order valence-corrected chi connectivity index (χ1v) is 7.03. The van der Waals surface area contributed by atoms with Gasteiger partial charge in [0.1, 0.15) is 6.07 Å². The Kier molecular flexibility index (Phi) is 3.11. The van der Waals surface area contributed by atoms with Crippen molar-refractivity contribution in [1.29, 1.82) is 5.26 Å². The number of para-hydroxylation sites is 1. The van der Waals surface area contributed by atoms with Crippen LogP contribution in [0.15, 0.2) is 27.7 Å². The van der Waals surface area contributed by atoms with E-state index in [9.17, 15) is 4.79 Å². The first-order chi connectivity index (χ1) is 9.19. The summed E-state index contributed by atoms with van der Waals surface area (Å²) in [7, 11) is 0. The summed E-state index contributed by atoms with van der Waals surface area (Å²) in [5.74, 6) is 0.159. The Hall–Kier alpha value is -1.67. The molecular weight excluding hydrogens is 306 g/mol. The van der Waals surface area contributed by atoms with Gasteiger partial charge in [-0.2, -0.15) is 5.26 Å². The number of halogens is 1. The molecule has 1 aromatic carbocycles. The number of nitrogens with zero attached hydrogens (tertiary/aromatic N) is 3. The summed E-state index contributed by atoms with van der Waals surface area (Å²) in [6.07, 6.45) is 2.59. The van der Waals surface area contributed by atoms with Gasteiger partial charge in [-0.05, 0) is 40.9 Å². The number of benzene rings is 1. The Morgan fingerprint density at radius 3 is 2.89 bits per heavy atom. The molecule has 1 aromatic rings. The van der Waals surface area contributed by atoms with Crippen LogP contribution in [0.1, 0.15) is 24.8 Å². The molecule has 1 aliphatic heterocycles. The van der Waals surface area contributed by atoms with Crippen LogP contribution in [0.2, 0.25) is 0 Å². The molecule has 2 fully saturated rings. The van der Waals surface area contributed by atoms with E-state index in [-0.39, 0.29) is 5.91 Å². The van der Waals surface area contributed by atoms with Crippen molar-refractivity contribution >= 4 is 33.2 Å². The lowest BCUT2D eigenvalue weighted by molar-refractivity contribution is -0.128. The van der Waals surface area contributed by atoms with Gasteiger partial charge in [-0.25, -0.2) is 0 Å². The Balaban J connectivity index is 1.91. The molecule has 0 spiro atoms. The molecule has 96 valence electrons. The second kappa shape index (κ2) is 4.78. The van der Waals surface area contributed by atoms with Gasteiger partial charge in [0, 0.05) is 16.2 Å². The van der Waals surface area contributed by atoms with Gasteiger partial charge in [0.05, 0.1) is 24.2 Å². The summed E-state index contributed by atoms with van der Waals surface area (Å²) < 4.78 is 0.788. The lowest BCUT2D eigenvalue weighted by Gasteiger charge is -2.12. The summed E-state index contributed by atoms with van der Waals surface area (Å²) in [6.45, 7) is 0.607. The van der Waals surface area contributed by atoms with E-state index in [4.69, 9.17) is 5.26 Å². The quantitative estimate of drug-likeness (QED) is 0.842. The van der Waals surface area contributed by atoms with Crippen molar-refractivity contribution in [2.75, 3.05) is 6.54 Å². The van der Waals surface area contributed by atoms with E-state index in [0.717, 1.165) is 23.0 Å². The SMILES string of the molecule is N#Cc1cccc(Br)c1N=C1CC(=O)N(C2CC2)C1. The van der Waals surface area contributed by atoms with Crippen LogP contribution in [0.25, 0.3) is 0 Å². The summed E-state index contributed by atoms with van der Waals surface area (Å²) in [5, 5.41) is 9.10. The zero-order valence-corrected chi connectivity index (χ0v) is 11.9. The largest absolute Gasteiger partial charge is 0.334 e. The molecule has 1 saturated heterocycles. The lowest BCUT2D eigenvalue weighted by atomic mass is 10.2. The highest BCUT2D eigenvalue weighted by Gasteiger charge is 2.37. The minimum absolute atomic E-state index is 0.159. The molecule has 0 bridgehead atoms. The topological polar surface area (TPSA) is 56.5 Å². The van der Waals surface area contributed by atoms with Crippen LogP contribution in [0.5, 0.6) is 0 Å². The number of aliphatic imine (C=N–C) groups is 1. The van der Waals surface area contributed by atoms with Crippen LogP contribution in [-0.2, 0) is 4.79 Å². The maximum Gasteiger partial charge on any atom is 0.228 e. The monoisotopic (exact) mass is 317 g/mol. The summed E-state index contributed by atoms with van der Waals surface area (Å²) in [5.41, 5.74) is 2.00. The van der Waals surface area contributed by atoms with E-state index in [0.29, 0.717) is 30.3 Å². The molecule has 1 amide bonds. The van der Waals surface area contributed by atoms with E-state index < -0.39 is 0 Å². The van der Waals surface area contributed by atoms with Crippen LogP contribution in [0, 0.1) is 11.3 Å². The molecular formula is C14H12BrN3O. The van der Waals surface area contributed by atoms with Gasteiger partial charge in [-0.3, -0.25) is 9.79 Å². The van der Waals surface area contributed by atoms with Crippen molar-refractivity contribution in [3.63, 3.8) is 0 Å². The number of likely N-dealkylation sites (tertiary alicyclic amines) is 1. The highest BCUT2D eigenvalue weighted by molar-refractivity contribution is 9.10. The van der Waals surface area contributed by atoms with Crippen molar-refractivity contribution in [2.24, 2.45) is 4.99 Å².